The van der Waals surface area contributed by atoms with E-state index in [1.807, 2.05) is 0 Å². The van der Waals surface area contributed by atoms with Gasteiger partial charge in [-0.1, -0.05) is 12.1 Å². The van der Waals surface area contributed by atoms with E-state index >= 15 is 0 Å². The van der Waals surface area contributed by atoms with E-state index in [9.17, 15) is 9.90 Å². The van der Waals surface area contributed by atoms with Gasteiger partial charge in [0.25, 0.3) is 0 Å². The van der Waals surface area contributed by atoms with Crippen LogP contribution >= 0.6 is 0 Å². The molecule has 0 aliphatic rings. The lowest BCUT2D eigenvalue weighted by Gasteiger charge is -1.97. The molecule has 0 saturated heterocycles. The number of aromatic hydroxyl groups is 1. The highest BCUT2D eigenvalue weighted by Crippen LogP contribution is 2.13. The van der Waals surface area contributed by atoms with Crippen LogP contribution in [0, 0.1) is 6.92 Å². The number of rotatable bonds is 1. The Balaban J connectivity index is 2.71. The maximum absolute atomic E-state index is 11.8. The normalized spacial score (nSPS) is 10.1. The molecule has 16 heavy (non-hydrogen) atoms. The van der Waals surface area contributed by atoms with Gasteiger partial charge in [0.2, 0.25) is 5.43 Å². The van der Waals surface area contributed by atoms with Gasteiger partial charge in [0.15, 0.2) is 5.75 Å². The Morgan fingerprint density at radius 1 is 1.19 bits per heavy atom. The molecule has 4 heteroatoms. The topological polar surface area (TPSA) is 63.1 Å². The first-order valence-corrected chi connectivity index (χ1v) is 4.81. The van der Waals surface area contributed by atoms with E-state index in [0.29, 0.717) is 17.1 Å². The van der Waals surface area contributed by atoms with Crippen LogP contribution in [-0.4, -0.2) is 15.1 Å². The molecular formula is C12H10N2O2. The monoisotopic (exact) mass is 214 g/mol. The molecule has 1 N–H and O–H groups in total. The molecular weight excluding hydrogens is 204 g/mol. The summed E-state index contributed by atoms with van der Waals surface area (Å²) in [6, 6.07) is 7.93. The summed E-state index contributed by atoms with van der Waals surface area (Å²) in [6.45, 7) is 1.75. The lowest BCUT2D eigenvalue weighted by Crippen LogP contribution is -2.02. The van der Waals surface area contributed by atoms with E-state index in [-0.39, 0.29) is 5.75 Å². The smallest absolute Gasteiger partial charge is 0.229 e. The van der Waals surface area contributed by atoms with E-state index in [2.05, 4.69) is 9.97 Å². The van der Waals surface area contributed by atoms with Gasteiger partial charge in [-0.15, -0.1) is 0 Å². The molecule has 0 amide bonds. The second kappa shape index (κ2) is 4.10. The summed E-state index contributed by atoms with van der Waals surface area (Å²) in [5, 5.41) is 9.43. The van der Waals surface area contributed by atoms with Crippen molar-refractivity contribution in [1.29, 1.82) is 0 Å². The average Bonchev–Trinajstić information content (AvgIpc) is 2.42. The number of aromatic nitrogens is 2. The Bertz CT molecular complexity index is 582. The molecule has 0 fully saturated rings. The number of hydrogen-bond acceptors (Lipinski definition) is 4. The molecule has 0 spiro atoms. The van der Waals surface area contributed by atoms with Gasteiger partial charge >= 0.3 is 0 Å². The highest BCUT2D eigenvalue weighted by atomic mass is 16.3. The van der Waals surface area contributed by atoms with Gasteiger partial charge in [-0.3, -0.25) is 4.79 Å². The zero-order valence-corrected chi connectivity index (χ0v) is 8.71. The van der Waals surface area contributed by atoms with E-state index in [1.165, 1.54) is 6.07 Å². The van der Waals surface area contributed by atoms with Gasteiger partial charge in [0, 0.05) is 6.20 Å². The maximum Gasteiger partial charge on any atom is 0.229 e. The van der Waals surface area contributed by atoms with Crippen molar-refractivity contribution in [2.75, 3.05) is 0 Å². The molecule has 0 aliphatic heterocycles. The summed E-state index contributed by atoms with van der Waals surface area (Å²) in [5.74, 6) is 0.305. The standard InChI is InChI=1S/C12H10N2O2/c1-8-13-7-6-10(14-8)9-4-2-3-5-11(15)12(9)16/h2-7H,1H3,(H,15,16). The van der Waals surface area contributed by atoms with Crippen LogP contribution in [0.15, 0.2) is 41.3 Å². The van der Waals surface area contributed by atoms with E-state index < -0.39 is 5.43 Å². The third-order valence-electron chi connectivity index (χ3n) is 2.16. The predicted molar refractivity (Wildman–Crippen MR) is 60.1 cm³/mol. The van der Waals surface area contributed by atoms with Gasteiger partial charge in [-0.05, 0) is 25.1 Å². The third-order valence-corrected chi connectivity index (χ3v) is 2.16. The molecule has 0 unspecified atom stereocenters. The average molecular weight is 214 g/mol. The minimum atomic E-state index is -0.428. The van der Waals surface area contributed by atoms with Crippen molar-refractivity contribution in [1.82, 2.24) is 9.97 Å². The molecule has 1 aromatic carbocycles. The van der Waals surface area contributed by atoms with Crippen LogP contribution in [0.1, 0.15) is 5.82 Å². The first-order valence-electron chi connectivity index (χ1n) is 4.81. The summed E-state index contributed by atoms with van der Waals surface area (Å²) in [5.41, 5.74) is 0.458. The van der Waals surface area contributed by atoms with Crippen molar-refractivity contribution in [3.63, 3.8) is 0 Å². The quantitative estimate of drug-likeness (QED) is 0.781. The fraction of sp³-hybridized carbons (Fsp3) is 0.0833. The fourth-order valence-corrected chi connectivity index (χ4v) is 1.40. The second-order valence-corrected chi connectivity index (χ2v) is 3.34. The third kappa shape index (κ3) is 1.91. The molecule has 0 atom stereocenters. The Morgan fingerprint density at radius 2 is 1.94 bits per heavy atom. The molecule has 2 aromatic rings. The first-order chi connectivity index (χ1) is 7.68. The second-order valence-electron chi connectivity index (χ2n) is 3.34. The molecule has 0 bridgehead atoms. The highest BCUT2D eigenvalue weighted by Gasteiger charge is 2.06. The van der Waals surface area contributed by atoms with Crippen molar-refractivity contribution < 1.29 is 5.11 Å². The lowest BCUT2D eigenvalue weighted by molar-refractivity contribution is 0.471. The maximum atomic E-state index is 11.8. The molecule has 0 aliphatic carbocycles. The molecule has 4 nitrogen and oxygen atoms in total. The number of hydrogen-bond donors (Lipinski definition) is 1. The Hall–Kier alpha value is -2.23. The van der Waals surface area contributed by atoms with Gasteiger partial charge in [-0.25, -0.2) is 9.97 Å². The van der Waals surface area contributed by atoms with E-state index in [1.54, 1.807) is 37.4 Å². The molecule has 80 valence electrons. The van der Waals surface area contributed by atoms with Crippen LogP contribution in [0.3, 0.4) is 0 Å². The molecule has 0 radical (unpaired) electrons. The zero-order valence-electron chi connectivity index (χ0n) is 8.71. The molecule has 0 saturated carbocycles. The summed E-state index contributed by atoms with van der Waals surface area (Å²) in [6.07, 6.45) is 1.58. The van der Waals surface area contributed by atoms with Gasteiger partial charge in [0.05, 0.1) is 11.3 Å². The van der Waals surface area contributed by atoms with Crippen LogP contribution < -0.4 is 5.43 Å². The van der Waals surface area contributed by atoms with Crippen LogP contribution in [-0.2, 0) is 0 Å². The number of nitrogens with zero attached hydrogens (tertiary/aromatic N) is 2. The minimum Gasteiger partial charge on any atom is -0.504 e. The largest absolute Gasteiger partial charge is 0.504 e. The van der Waals surface area contributed by atoms with Crippen molar-refractivity contribution in [3.8, 4) is 17.0 Å². The zero-order chi connectivity index (χ0) is 11.5. The van der Waals surface area contributed by atoms with Crippen molar-refractivity contribution >= 4 is 0 Å². The lowest BCUT2D eigenvalue weighted by atomic mass is 10.2. The van der Waals surface area contributed by atoms with Crippen molar-refractivity contribution in [2.24, 2.45) is 0 Å². The summed E-state index contributed by atoms with van der Waals surface area (Å²) >= 11 is 0. The van der Waals surface area contributed by atoms with Crippen LogP contribution in [0.2, 0.25) is 0 Å². The molecule has 1 aromatic heterocycles. The molecule has 1 heterocycles. The first kappa shape index (κ1) is 10.3. The van der Waals surface area contributed by atoms with E-state index in [4.69, 9.17) is 0 Å². The predicted octanol–water partition coefficient (Wildman–Crippen LogP) is 1.52. The van der Waals surface area contributed by atoms with Crippen LogP contribution in [0.25, 0.3) is 11.3 Å². The minimum absolute atomic E-state index is 0.281. The van der Waals surface area contributed by atoms with Gasteiger partial charge in [0.1, 0.15) is 5.82 Å². The number of aryl methyl sites for hydroxylation is 1. The SMILES string of the molecule is Cc1nccc(-c2ccccc(O)c2=O)n1. The summed E-state index contributed by atoms with van der Waals surface area (Å²) < 4.78 is 0. The molecule has 2 rings (SSSR count). The summed E-state index contributed by atoms with van der Waals surface area (Å²) in [4.78, 5) is 19.9. The van der Waals surface area contributed by atoms with Gasteiger partial charge in [-0.2, -0.15) is 0 Å². The Morgan fingerprint density at radius 3 is 2.69 bits per heavy atom. The highest BCUT2D eigenvalue weighted by molar-refractivity contribution is 5.59. The van der Waals surface area contributed by atoms with Crippen LogP contribution in [0.4, 0.5) is 0 Å². The van der Waals surface area contributed by atoms with Gasteiger partial charge < -0.3 is 5.11 Å². The van der Waals surface area contributed by atoms with Crippen molar-refractivity contribution in [2.45, 2.75) is 6.92 Å². The Labute approximate surface area is 92.3 Å². The van der Waals surface area contributed by atoms with Crippen LogP contribution in [0.5, 0.6) is 5.75 Å². The summed E-state index contributed by atoms with van der Waals surface area (Å²) in [7, 11) is 0. The Kier molecular flexibility index (Phi) is 2.64. The van der Waals surface area contributed by atoms with Crippen molar-refractivity contribution in [3.05, 3.63) is 52.6 Å². The van der Waals surface area contributed by atoms with E-state index in [0.717, 1.165) is 0 Å². The fourth-order valence-electron chi connectivity index (χ4n) is 1.40.